The summed E-state index contributed by atoms with van der Waals surface area (Å²) in [6.07, 6.45) is 2.86. The normalized spacial score (nSPS) is 20.0. The molecule has 2 saturated heterocycles. The number of halogens is 2. The fourth-order valence-corrected chi connectivity index (χ4v) is 5.35. The molecule has 2 aliphatic heterocycles. The van der Waals surface area contributed by atoms with Gasteiger partial charge in [-0.1, -0.05) is 18.5 Å². The fourth-order valence-electron chi connectivity index (χ4n) is 5.23. The summed E-state index contributed by atoms with van der Waals surface area (Å²) in [6, 6.07) is 8.93. The predicted molar refractivity (Wildman–Crippen MR) is 132 cm³/mol. The summed E-state index contributed by atoms with van der Waals surface area (Å²) >= 11 is 5.76. The quantitative estimate of drug-likeness (QED) is 0.578. The van der Waals surface area contributed by atoms with E-state index >= 15 is 0 Å². The number of carbonyl (C=O) groups is 2. The molecule has 2 aromatic rings. The number of anilines is 1. The van der Waals surface area contributed by atoms with Crippen LogP contribution in [0.4, 0.5) is 10.1 Å². The van der Waals surface area contributed by atoms with Crippen molar-refractivity contribution in [3.63, 3.8) is 0 Å². The van der Waals surface area contributed by atoms with Gasteiger partial charge in [0.1, 0.15) is 11.5 Å². The number of aryl methyl sites for hydroxylation is 1. The van der Waals surface area contributed by atoms with Crippen LogP contribution in [0.2, 0.25) is 5.02 Å². The summed E-state index contributed by atoms with van der Waals surface area (Å²) < 4.78 is 13.8. The Balaban J connectivity index is 1.37. The Hall–Kier alpha value is -2.51. The van der Waals surface area contributed by atoms with Crippen LogP contribution in [0.3, 0.4) is 0 Å². The fraction of sp³-hybridized carbons (Fsp3) is 0.500. The van der Waals surface area contributed by atoms with Crippen molar-refractivity contribution in [3.8, 4) is 0 Å². The number of piperidine rings is 1. The number of aromatic nitrogens is 1. The SMILES string of the molecule is CC[C@H]1CN(c2ccc(C(C)=O)nc2C)CCN1C1CCN(C(=O)c2ccc(Cl)c(F)c2)CC1. The van der Waals surface area contributed by atoms with E-state index in [0.29, 0.717) is 36.4 Å². The molecule has 2 fully saturated rings. The minimum Gasteiger partial charge on any atom is -0.367 e. The van der Waals surface area contributed by atoms with E-state index in [1.165, 1.54) is 12.1 Å². The predicted octanol–water partition coefficient (Wildman–Crippen LogP) is 4.59. The Morgan fingerprint density at radius 3 is 2.47 bits per heavy atom. The first kappa shape index (κ1) is 24.6. The van der Waals surface area contributed by atoms with Crippen molar-refractivity contribution in [1.29, 1.82) is 0 Å². The van der Waals surface area contributed by atoms with E-state index in [0.717, 1.165) is 50.3 Å². The number of hydrogen-bond donors (Lipinski definition) is 0. The zero-order valence-corrected chi connectivity index (χ0v) is 20.8. The number of carbonyl (C=O) groups excluding carboxylic acids is 2. The van der Waals surface area contributed by atoms with Crippen molar-refractivity contribution in [3.05, 3.63) is 58.1 Å². The molecule has 0 unspecified atom stereocenters. The lowest BCUT2D eigenvalue weighted by Crippen LogP contribution is -2.58. The second kappa shape index (κ2) is 10.4. The third kappa shape index (κ3) is 5.10. The number of ketones is 1. The van der Waals surface area contributed by atoms with Crippen LogP contribution in [0.15, 0.2) is 30.3 Å². The monoisotopic (exact) mass is 486 g/mol. The van der Waals surface area contributed by atoms with Crippen LogP contribution < -0.4 is 4.90 Å². The minimum absolute atomic E-state index is 0.0167. The molecule has 2 aliphatic rings. The lowest BCUT2D eigenvalue weighted by Gasteiger charge is -2.48. The van der Waals surface area contributed by atoms with Gasteiger partial charge in [-0.3, -0.25) is 14.5 Å². The topological polar surface area (TPSA) is 56.8 Å². The Morgan fingerprint density at radius 2 is 1.85 bits per heavy atom. The van der Waals surface area contributed by atoms with Crippen LogP contribution in [0.5, 0.6) is 0 Å². The van der Waals surface area contributed by atoms with Gasteiger partial charge in [0.25, 0.3) is 5.91 Å². The first-order valence-corrected chi connectivity index (χ1v) is 12.4. The van der Waals surface area contributed by atoms with Crippen molar-refractivity contribution < 1.29 is 14.0 Å². The Kier molecular flexibility index (Phi) is 7.53. The number of rotatable bonds is 5. The number of benzene rings is 1. The molecule has 1 aromatic heterocycles. The Morgan fingerprint density at radius 1 is 1.12 bits per heavy atom. The van der Waals surface area contributed by atoms with Gasteiger partial charge in [0.15, 0.2) is 5.78 Å². The third-order valence-electron chi connectivity index (χ3n) is 7.15. The van der Waals surface area contributed by atoms with Crippen LogP contribution in [-0.2, 0) is 0 Å². The van der Waals surface area contributed by atoms with Crippen LogP contribution in [-0.4, -0.2) is 71.3 Å². The van der Waals surface area contributed by atoms with Gasteiger partial charge in [-0.15, -0.1) is 0 Å². The van der Waals surface area contributed by atoms with E-state index in [2.05, 4.69) is 21.7 Å². The molecule has 0 N–H and O–H groups in total. The number of Topliss-reactive ketones (excluding diaryl/α,β-unsaturated/α-hetero) is 1. The highest BCUT2D eigenvalue weighted by Crippen LogP contribution is 2.28. The number of piperazine rings is 1. The van der Waals surface area contributed by atoms with Crippen molar-refractivity contribution >= 4 is 29.0 Å². The van der Waals surface area contributed by atoms with Crippen LogP contribution in [0.1, 0.15) is 59.7 Å². The maximum Gasteiger partial charge on any atom is 0.253 e. The van der Waals surface area contributed by atoms with E-state index in [9.17, 15) is 14.0 Å². The van der Waals surface area contributed by atoms with Crippen LogP contribution in [0, 0.1) is 12.7 Å². The molecule has 0 spiro atoms. The lowest BCUT2D eigenvalue weighted by molar-refractivity contribution is 0.0491. The largest absolute Gasteiger partial charge is 0.367 e. The third-order valence-corrected chi connectivity index (χ3v) is 7.45. The van der Waals surface area contributed by atoms with Crippen molar-refractivity contribution in [2.45, 2.75) is 52.1 Å². The average Bonchev–Trinajstić information content (AvgIpc) is 2.85. The number of pyridine rings is 1. The maximum atomic E-state index is 13.8. The zero-order chi connectivity index (χ0) is 24.4. The van der Waals surface area contributed by atoms with E-state index in [4.69, 9.17) is 11.6 Å². The van der Waals surface area contributed by atoms with E-state index in [1.807, 2.05) is 24.0 Å². The molecule has 0 bridgehead atoms. The van der Waals surface area contributed by atoms with E-state index in [1.54, 1.807) is 13.0 Å². The first-order valence-electron chi connectivity index (χ1n) is 12.0. The summed E-state index contributed by atoms with van der Waals surface area (Å²) in [5.41, 5.74) is 2.84. The summed E-state index contributed by atoms with van der Waals surface area (Å²) in [5.74, 6) is -0.716. The van der Waals surface area contributed by atoms with Crippen molar-refractivity contribution in [2.24, 2.45) is 0 Å². The summed E-state index contributed by atoms with van der Waals surface area (Å²) in [7, 11) is 0. The molecule has 4 rings (SSSR count). The Labute approximate surface area is 205 Å². The van der Waals surface area contributed by atoms with Gasteiger partial charge in [0, 0.05) is 57.3 Å². The van der Waals surface area contributed by atoms with Crippen molar-refractivity contribution in [2.75, 3.05) is 37.6 Å². The molecule has 34 heavy (non-hydrogen) atoms. The lowest BCUT2D eigenvalue weighted by atomic mass is 9.97. The molecular formula is C26H32ClFN4O2. The average molecular weight is 487 g/mol. The van der Waals surface area contributed by atoms with Crippen LogP contribution in [0.25, 0.3) is 0 Å². The maximum absolute atomic E-state index is 13.8. The summed E-state index contributed by atoms with van der Waals surface area (Å²) in [4.78, 5) is 35.8. The molecule has 0 saturated carbocycles. The highest BCUT2D eigenvalue weighted by Gasteiger charge is 2.34. The first-order chi connectivity index (χ1) is 16.3. The van der Waals surface area contributed by atoms with Gasteiger partial charge in [-0.25, -0.2) is 9.37 Å². The molecule has 0 aliphatic carbocycles. The minimum atomic E-state index is -0.563. The standard InChI is InChI=1S/C26H32ClFN4O2/c1-4-20-16-31(25-8-7-24(18(3)33)29-17(25)2)13-14-32(20)21-9-11-30(12-10-21)26(34)19-5-6-22(27)23(28)15-19/h5-8,15,20-21H,4,9-14,16H2,1-3H3/t20-/m0/s1. The van der Waals surface area contributed by atoms with Gasteiger partial charge in [-0.05, 0) is 56.5 Å². The van der Waals surface area contributed by atoms with Gasteiger partial charge in [-0.2, -0.15) is 0 Å². The molecule has 6 nitrogen and oxygen atoms in total. The van der Waals surface area contributed by atoms with Gasteiger partial charge in [0.2, 0.25) is 0 Å². The molecular weight excluding hydrogens is 455 g/mol. The molecule has 1 atom stereocenters. The highest BCUT2D eigenvalue weighted by molar-refractivity contribution is 6.30. The zero-order valence-electron chi connectivity index (χ0n) is 20.1. The van der Waals surface area contributed by atoms with E-state index in [-0.39, 0.29) is 16.7 Å². The second-order valence-corrected chi connectivity index (χ2v) is 9.66. The van der Waals surface area contributed by atoms with Gasteiger partial charge < -0.3 is 9.80 Å². The van der Waals surface area contributed by atoms with Crippen LogP contribution >= 0.6 is 11.6 Å². The van der Waals surface area contributed by atoms with Crippen molar-refractivity contribution in [1.82, 2.24) is 14.8 Å². The molecule has 3 heterocycles. The van der Waals surface area contributed by atoms with Gasteiger partial charge >= 0.3 is 0 Å². The number of amides is 1. The molecule has 8 heteroatoms. The molecule has 1 aromatic carbocycles. The second-order valence-electron chi connectivity index (χ2n) is 9.26. The highest BCUT2D eigenvalue weighted by atomic mass is 35.5. The molecule has 182 valence electrons. The summed E-state index contributed by atoms with van der Waals surface area (Å²) in [5, 5.41) is 0.0285. The Bertz CT molecular complexity index is 1070. The number of nitrogens with zero attached hydrogens (tertiary/aromatic N) is 4. The summed E-state index contributed by atoms with van der Waals surface area (Å²) in [6.45, 7) is 9.84. The number of hydrogen-bond acceptors (Lipinski definition) is 5. The number of likely N-dealkylation sites (tertiary alicyclic amines) is 1. The molecule has 1 amide bonds. The molecule has 0 radical (unpaired) electrons. The van der Waals surface area contributed by atoms with Gasteiger partial charge in [0.05, 0.1) is 16.4 Å². The van der Waals surface area contributed by atoms with E-state index < -0.39 is 5.82 Å². The smallest absolute Gasteiger partial charge is 0.253 e.